The third kappa shape index (κ3) is 6.25. The second kappa shape index (κ2) is 13.8. The average Bonchev–Trinajstić information content (AvgIpc) is 3.26. The van der Waals surface area contributed by atoms with E-state index < -0.39 is 12.0 Å². The highest BCUT2D eigenvalue weighted by Crippen LogP contribution is 2.41. The number of nitrogens with zero attached hydrogens (tertiary/aromatic N) is 2. The van der Waals surface area contributed by atoms with E-state index in [-0.39, 0.29) is 24.3 Å². The first-order valence-electron chi connectivity index (χ1n) is 13.3. The van der Waals surface area contributed by atoms with Gasteiger partial charge in [-0.3, -0.25) is 9.36 Å². The van der Waals surface area contributed by atoms with Crippen LogP contribution in [0.5, 0.6) is 23.0 Å². The average molecular weight is 656 g/mol. The Balaban J connectivity index is 1.93. The topological polar surface area (TPSA) is 97.6 Å². The van der Waals surface area contributed by atoms with Gasteiger partial charge in [0.1, 0.15) is 6.61 Å². The minimum atomic E-state index is -0.833. The largest absolute Gasteiger partial charge is 0.493 e. The molecule has 2 heterocycles. The monoisotopic (exact) mass is 654 g/mol. The number of methoxy groups -OCH3 is 1. The molecule has 42 heavy (non-hydrogen) atoms. The number of terminal acetylenes is 1. The fourth-order valence-electron chi connectivity index (χ4n) is 4.55. The molecule has 0 saturated heterocycles. The minimum absolute atomic E-state index is 0.103. The van der Waals surface area contributed by atoms with Crippen LogP contribution in [0.15, 0.2) is 55.9 Å². The van der Waals surface area contributed by atoms with Gasteiger partial charge in [-0.05, 0) is 69.2 Å². The lowest BCUT2D eigenvalue weighted by Gasteiger charge is -2.26. The lowest BCUT2D eigenvalue weighted by molar-refractivity contribution is -0.139. The van der Waals surface area contributed by atoms with Crippen molar-refractivity contribution < 1.29 is 28.5 Å². The molecule has 3 aromatic rings. The number of fused-ring (bicyclic) bond motifs is 1. The molecule has 1 aliphatic heterocycles. The van der Waals surface area contributed by atoms with Crippen LogP contribution in [0.3, 0.4) is 0 Å². The number of rotatable bonds is 11. The van der Waals surface area contributed by atoms with Crippen LogP contribution in [0.25, 0.3) is 6.08 Å². The van der Waals surface area contributed by atoms with E-state index in [2.05, 4.69) is 26.8 Å². The molecule has 0 bridgehead atoms. The molecule has 0 spiro atoms. The van der Waals surface area contributed by atoms with E-state index in [1.54, 1.807) is 44.2 Å². The van der Waals surface area contributed by atoms with Crippen LogP contribution in [0.1, 0.15) is 44.9 Å². The molecule has 0 radical (unpaired) electrons. The number of aromatic nitrogens is 1. The Hall–Kier alpha value is -4.01. The van der Waals surface area contributed by atoms with Gasteiger partial charge in [0.15, 0.2) is 27.8 Å². The number of esters is 1. The summed E-state index contributed by atoms with van der Waals surface area (Å²) in [4.78, 5) is 32.4. The van der Waals surface area contributed by atoms with E-state index in [4.69, 9.17) is 30.1 Å². The van der Waals surface area contributed by atoms with E-state index in [1.807, 2.05) is 19.9 Å². The van der Waals surface area contributed by atoms with Crippen molar-refractivity contribution in [3.8, 4) is 35.3 Å². The molecule has 0 amide bonds. The quantitative estimate of drug-likeness (QED) is 0.224. The first-order chi connectivity index (χ1) is 20.3. The van der Waals surface area contributed by atoms with Gasteiger partial charge in [-0.1, -0.05) is 39.3 Å². The van der Waals surface area contributed by atoms with Gasteiger partial charge in [0.2, 0.25) is 0 Å². The molecular formula is C31H31BrN2O7S. The van der Waals surface area contributed by atoms with E-state index in [0.29, 0.717) is 61.3 Å². The third-order valence-electron chi connectivity index (χ3n) is 6.27. The molecule has 220 valence electrons. The van der Waals surface area contributed by atoms with Crippen LogP contribution in [-0.4, -0.2) is 44.1 Å². The first-order valence-corrected chi connectivity index (χ1v) is 14.9. The number of carbonyl (C=O) groups is 1. The summed E-state index contributed by atoms with van der Waals surface area (Å²) in [5.41, 5.74) is 1.74. The van der Waals surface area contributed by atoms with E-state index in [9.17, 15) is 9.59 Å². The number of hydrogen-bond donors (Lipinski definition) is 0. The molecule has 9 nitrogen and oxygen atoms in total. The molecule has 1 atom stereocenters. The second-order valence-electron chi connectivity index (χ2n) is 8.89. The van der Waals surface area contributed by atoms with E-state index in [1.165, 1.54) is 23.0 Å². The lowest BCUT2D eigenvalue weighted by Crippen LogP contribution is -2.40. The van der Waals surface area contributed by atoms with Gasteiger partial charge in [0.05, 0.1) is 48.8 Å². The number of benzene rings is 2. The number of halogens is 1. The zero-order valence-corrected chi connectivity index (χ0v) is 26.4. The summed E-state index contributed by atoms with van der Waals surface area (Å²) >= 11 is 4.86. The maximum absolute atomic E-state index is 14.0. The van der Waals surface area contributed by atoms with Crippen molar-refractivity contribution >= 4 is 39.3 Å². The molecule has 2 aromatic carbocycles. The van der Waals surface area contributed by atoms with Crippen LogP contribution in [0.2, 0.25) is 0 Å². The Labute approximate surface area is 256 Å². The second-order valence-corrected chi connectivity index (χ2v) is 10.8. The minimum Gasteiger partial charge on any atom is -0.493 e. The number of thiazole rings is 1. The number of hydrogen-bond acceptors (Lipinski definition) is 9. The standard InChI is InChI=1S/C31H31BrN2O7S/c1-7-13-41-22-12-11-19(14-24(22)38-8-2)15-26-29(35)34-28(20-16-23(37-6)25(39-9-3)17-21(20)32)27(30(36)40-10-4)18(5)33-31(34)42-26/h1,11-12,14-17,28H,8-10,13H2,2-6H3/b26-15+/t28-/m1/s1. The third-order valence-corrected chi connectivity index (χ3v) is 7.94. The van der Waals surface area contributed by atoms with Gasteiger partial charge in [-0.25, -0.2) is 9.79 Å². The van der Waals surface area contributed by atoms with Crippen molar-refractivity contribution in [1.82, 2.24) is 4.57 Å². The van der Waals surface area contributed by atoms with Crippen molar-refractivity contribution in [3.63, 3.8) is 0 Å². The van der Waals surface area contributed by atoms with E-state index in [0.717, 1.165) is 5.56 Å². The molecule has 0 unspecified atom stereocenters. The lowest BCUT2D eigenvalue weighted by atomic mass is 9.95. The van der Waals surface area contributed by atoms with Gasteiger partial charge in [-0.2, -0.15) is 0 Å². The molecule has 0 N–H and O–H groups in total. The number of allylic oxidation sites excluding steroid dienone is 1. The predicted octanol–water partition coefficient (Wildman–Crippen LogP) is 4.38. The van der Waals surface area contributed by atoms with Crippen molar-refractivity contribution in [2.75, 3.05) is 33.5 Å². The Morgan fingerprint density at radius 1 is 1.07 bits per heavy atom. The SMILES string of the molecule is C#CCOc1ccc(/C=c2/sc3n(c2=O)[C@H](c2cc(OC)c(OCC)cc2Br)C(C(=O)OCC)=C(C)N=3)cc1OCC. The zero-order valence-electron chi connectivity index (χ0n) is 24.0. The maximum Gasteiger partial charge on any atom is 0.338 e. The van der Waals surface area contributed by atoms with Crippen molar-refractivity contribution in [2.45, 2.75) is 33.7 Å². The number of ether oxygens (including phenoxy) is 5. The van der Waals surface area contributed by atoms with Crippen molar-refractivity contribution in [1.29, 1.82) is 0 Å². The highest BCUT2D eigenvalue weighted by atomic mass is 79.9. The number of carbonyl (C=O) groups excluding carboxylic acids is 1. The Bertz CT molecular complexity index is 1750. The van der Waals surface area contributed by atoms with Gasteiger partial charge in [0.25, 0.3) is 5.56 Å². The molecule has 4 rings (SSSR count). The highest BCUT2D eigenvalue weighted by Gasteiger charge is 2.35. The summed E-state index contributed by atoms with van der Waals surface area (Å²) in [5.74, 6) is 3.90. The molecule has 1 aliphatic rings. The summed E-state index contributed by atoms with van der Waals surface area (Å²) in [6.45, 7) is 8.34. The Kier molecular flexibility index (Phi) is 10.1. The Morgan fingerprint density at radius 2 is 1.79 bits per heavy atom. The van der Waals surface area contributed by atoms with Crippen LogP contribution in [-0.2, 0) is 9.53 Å². The molecule has 11 heteroatoms. The van der Waals surface area contributed by atoms with Gasteiger partial charge >= 0.3 is 5.97 Å². The van der Waals surface area contributed by atoms with Crippen LogP contribution in [0.4, 0.5) is 0 Å². The van der Waals surface area contributed by atoms with E-state index >= 15 is 0 Å². The summed E-state index contributed by atoms with van der Waals surface area (Å²) in [7, 11) is 1.54. The van der Waals surface area contributed by atoms with Crippen molar-refractivity contribution in [2.24, 2.45) is 4.99 Å². The maximum atomic E-state index is 14.0. The first kappa shape index (κ1) is 30.9. The zero-order chi connectivity index (χ0) is 30.4. The molecular weight excluding hydrogens is 624 g/mol. The smallest absolute Gasteiger partial charge is 0.338 e. The summed E-state index contributed by atoms with van der Waals surface area (Å²) in [5, 5.41) is 0. The summed E-state index contributed by atoms with van der Waals surface area (Å²) in [6, 6.07) is 8.05. The van der Waals surface area contributed by atoms with Crippen LogP contribution >= 0.6 is 27.3 Å². The van der Waals surface area contributed by atoms with Gasteiger partial charge in [0, 0.05) is 4.47 Å². The highest BCUT2D eigenvalue weighted by molar-refractivity contribution is 9.10. The fraction of sp³-hybridized carbons (Fsp3) is 0.323. The van der Waals surface area contributed by atoms with Gasteiger partial charge in [-0.15, -0.1) is 6.42 Å². The summed E-state index contributed by atoms with van der Waals surface area (Å²) in [6.07, 6.45) is 7.09. The fourth-order valence-corrected chi connectivity index (χ4v) is 6.13. The predicted molar refractivity (Wildman–Crippen MR) is 164 cm³/mol. The van der Waals surface area contributed by atoms with Crippen LogP contribution in [0, 0.1) is 12.3 Å². The molecule has 0 fully saturated rings. The van der Waals surface area contributed by atoms with Gasteiger partial charge < -0.3 is 23.7 Å². The van der Waals surface area contributed by atoms with Crippen LogP contribution < -0.4 is 33.8 Å². The molecule has 0 saturated carbocycles. The van der Waals surface area contributed by atoms with Crippen molar-refractivity contribution in [3.05, 3.63) is 76.9 Å². The summed E-state index contributed by atoms with van der Waals surface area (Å²) < 4.78 is 30.6. The normalized spacial score (nSPS) is 14.5. The molecule has 0 aliphatic carbocycles. The molecule has 1 aromatic heterocycles. The Morgan fingerprint density at radius 3 is 2.43 bits per heavy atom.